The molecule has 2 aromatic carbocycles. The van der Waals surface area contributed by atoms with E-state index in [2.05, 4.69) is 13.0 Å². The molecule has 0 aliphatic carbocycles. The zero-order chi connectivity index (χ0) is 18.9. The molecular formula is C21H26O5. The van der Waals surface area contributed by atoms with Gasteiger partial charge in [0.25, 0.3) is 0 Å². The molecule has 5 heteroatoms. The molecule has 5 nitrogen and oxygen atoms in total. The number of rotatable bonds is 10. The molecule has 0 aliphatic heterocycles. The summed E-state index contributed by atoms with van der Waals surface area (Å²) in [5.41, 5.74) is 3.22. The monoisotopic (exact) mass is 358 g/mol. The summed E-state index contributed by atoms with van der Waals surface area (Å²) in [4.78, 5) is 10.7. The van der Waals surface area contributed by atoms with E-state index in [4.69, 9.17) is 19.3 Å². The van der Waals surface area contributed by atoms with Gasteiger partial charge in [-0.05, 0) is 56.5 Å². The Morgan fingerprint density at radius 1 is 0.923 bits per heavy atom. The molecule has 2 rings (SSSR count). The smallest absolute Gasteiger partial charge is 0.303 e. The lowest BCUT2D eigenvalue weighted by Gasteiger charge is -2.14. The summed E-state index contributed by atoms with van der Waals surface area (Å²) >= 11 is 0. The second kappa shape index (κ2) is 9.70. The SMILES string of the molecule is CCOc1cc(CCC(=O)O)ccc1OCCOc1ccc(C)cc1C. The molecule has 0 aliphatic rings. The van der Waals surface area contributed by atoms with Crippen LogP contribution in [-0.2, 0) is 11.2 Å². The highest BCUT2D eigenvalue weighted by Gasteiger charge is 2.08. The lowest BCUT2D eigenvalue weighted by atomic mass is 10.1. The highest BCUT2D eigenvalue weighted by Crippen LogP contribution is 2.29. The van der Waals surface area contributed by atoms with E-state index in [0.717, 1.165) is 16.9 Å². The fourth-order valence-corrected chi connectivity index (χ4v) is 2.61. The molecule has 0 bridgehead atoms. The second-order valence-corrected chi connectivity index (χ2v) is 6.07. The van der Waals surface area contributed by atoms with Gasteiger partial charge in [-0.2, -0.15) is 0 Å². The fraction of sp³-hybridized carbons (Fsp3) is 0.381. The minimum atomic E-state index is -0.813. The van der Waals surface area contributed by atoms with Gasteiger partial charge in [0, 0.05) is 6.42 Å². The van der Waals surface area contributed by atoms with E-state index in [1.54, 1.807) is 0 Å². The van der Waals surface area contributed by atoms with Gasteiger partial charge in [0.1, 0.15) is 19.0 Å². The Labute approximate surface area is 154 Å². The van der Waals surface area contributed by atoms with Gasteiger partial charge in [-0.3, -0.25) is 4.79 Å². The number of carboxylic acids is 1. The van der Waals surface area contributed by atoms with Crippen molar-refractivity contribution in [3.05, 3.63) is 53.1 Å². The van der Waals surface area contributed by atoms with E-state index in [1.807, 2.05) is 44.2 Å². The molecule has 1 N–H and O–H groups in total. The van der Waals surface area contributed by atoms with Crippen LogP contribution in [-0.4, -0.2) is 30.9 Å². The molecule has 0 saturated heterocycles. The van der Waals surface area contributed by atoms with Crippen LogP contribution in [0.1, 0.15) is 30.0 Å². The molecule has 26 heavy (non-hydrogen) atoms. The Balaban J connectivity index is 1.92. The van der Waals surface area contributed by atoms with Crippen LogP contribution in [0.25, 0.3) is 0 Å². The number of carbonyl (C=O) groups is 1. The van der Waals surface area contributed by atoms with E-state index >= 15 is 0 Å². The summed E-state index contributed by atoms with van der Waals surface area (Å²) in [5, 5.41) is 8.80. The molecule has 0 radical (unpaired) electrons. The first-order valence-corrected chi connectivity index (χ1v) is 8.80. The summed E-state index contributed by atoms with van der Waals surface area (Å²) in [6.45, 7) is 7.30. The predicted octanol–water partition coefficient (Wildman–Crippen LogP) is 4.18. The number of ether oxygens (including phenoxy) is 3. The van der Waals surface area contributed by atoms with Crippen molar-refractivity contribution in [1.29, 1.82) is 0 Å². The van der Waals surface area contributed by atoms with Crippen LogP contribution in [0.2, 0.25) is 0 Å². The number of aliphatic carboxylic acids is 1. The predicted molar refractivity (Wildman–Crippen MR) is 100 cm³/mol. The van der Waals surface area contributed by atoms with Gasteiger partial charge in [0.2, 0.25) is 0 Å². The Hall–Kier alpha value is -2.69. The van der Waals surface area contributed by atoms with Gasteiger partial charge in [0.05, 0.1) is 6.61 Å². The number of aryl methyl sites for hydroxylation is 3. The number of carboxylic acid groups (broad SMARTS) is 1. The maximum atomic E-state index is 10.7. The molecule has 0 unspecified atom stereocenters. The molecule has 0 saturated carbocycles. The zero-order valence-electron chi connectivity index (χ0n) is 15.6. The minimum absolute atomic E-state index is 0.0928. The van der Waals surface area contributed by atoms with Gasteiger partial charge >= 0.3 is 5.97 Å². The van der Waals surface area contributed by atoms with E-state index in [-0.39, 0.29) is 6.42 Å². The average molecular weight is 358 g/mol. The first-order chi connectivity index (χ1) is 12.5. The Bertz CT molecular complexity index is 739. The third-order valence-corrected chi connectivity index (χ3v) is 3.86. The van der Waals surface area contributed by atoms with Crippen LogP contribution < -0.4 is 14.2 Å². The standard InChI is InChI=1S/C21H26O5/c1-4-24-20-14-17(7-10-21(22)23)6-9-19(20)26-12-11-25-18-8-5-15(2)13-16(18)3/h5-6,8-9,13-14H,4,7,10-12H2,1-3H3,(H,22,23). The largest absolute Gasteiger partial charge is 0.490 e. The van der Waals surface area contributed by atoms with E-state index in [9.17, 15) is 4.79 Å². The highest BCUT2D eigenvalue weighted by molar-refractivity contribution is 5.67. The van der Waals surface area contributed by atoms with Gasteiger partial charge in [-0.25, -0.2) is 0 Å². The van der Waals surface area contributed by atoms with Crippen molar-refractivity contribution in [2.45, 2.75) is 33.6 Å². The van der Waals surface area contributed by atoms with E-state index in [0.29, 0.717) is 37.7 Å². The van der Waals surface area contributed by atoms with Gasteiger partial charge in [-0.15, -0.1) is 0 Å². The fourth-order valence-electron chi connectivity index (χ4n) is 2.61. The Morgan fingerprint density at radius 3 is 2.27 bits per heavy atom. The number of benzene rings is 2. The quantitative estimate of drug-likeness (QED) is 0.646. The van der Waals surface area contributed by atoms with Crippen LogP contribution >= 0.6 is 0 Å². The molecular weight excluding hydrogens is 332 g/mol. The van der Waals surface area contributed by atoms with Crippen molar-refractivity contribution in [3.8, 4) is 17.2 Å². The summed E-state index contributed by atoms with van der Waals surface area (Å²) in [6.07, 6.45) is 0.557. The summed E-state index contributed by atoms with van der Waals surface area (Å²) < 4.78 is 17.2. The van der Waals surface area contributed by atoms with E-state index in [1.165, 1.54) is 5.56 Å². The molecule has 0 amide bonds. The molecule has 2 aromatic rings. The number of hydrogen-bond acceptors (Lipinski definition) is 4. The van der Waals surface area contributed by atoms with Crippen molar-refractivity contribution in [1.82, 2.24) is 0 Å². The first kappa shape index (κ1) is 19.6. The van der Waals surface area contributed by atoms with E-state index < -0.39 is 5.97 Å². The zero-order valence-corrected chi connectivity index (χ0v) is 15.6. The molecule has 0 heterocycles. The van der Waals surface area contributed by atoms with Crippen molar-refractivity contribution in [2.24, 2.45) is 0 Å². The summed E-state index contributed by atoms with van der Waals surface area (Å²) in [7, 11) is 0. The average Bonchev–Trinajstić information content (AvgIpc) is 2.60. The summed E-state index contributed by atoms with van der Waals surface area (Å²) in [5.74, 6) is 1.30. The van der Waals surface area contributed by atoms with Crippen LogP contribution in [0.4, 0.5) is 0 Å². The third kappa shape index (κ3) is 5.99. The van der Waals surface area contributed by atoms with Crippen molar-refractivity contribution in [3.63, 3.8) is 0 Å². The normalized spacial score (nSPS) is 10.4. The second-order valence-electron chi connectivity index (χ2n) is 6.07. The van der Waals surface area contributed by atoms with Crippen LogP contribution in [0, 0.1) is 13.8 Å². The summed E-state index contributed by atoms with van der Waals surface area (Å²) in [6, 6.07) is 11.6. The van der Waals surface area contributed by atoms with Gasteiger partial charge in [-0.1, -0.05) is 23.8 Å². The molecule has 0 atom stereocenters. The Kier molecular flexibility index (Phi) is 7.33. The van der Waals surface area contributed by atoms with Crippen LogP contribution in [0.5, 0.6) is 17.2 Å². The highest BCUT2D eigenvalue weighted by atomic mass is 16.5. The molecule has 0 fully saturated rings. The third-order valence-electron chi connectivity index (χ3n) is 3.86. The minimum Gasteiger partial charge on any atom is -0.490 e. The van der Waals surface area contributed by atoms with Gasteiger partial charge < -0.3 is 19.3 Å². The van der Waals surface area contributed by atoms with Crippen molar-refractivity contribution < 1.29 is 24.1 Å². The lowest BCUT2D eigenvalue weighted by Crippen LogP contribution is -2.10. The topological polar surface area (TPSA) is 65.0 Å². The maximum absolute atomic E-state index is 10.7. The maximum Gasteiger partial charge on any atom is 0.303 e. The van der Waals surface area contributed by atoms with Crippen LogP contribution in [0.15, 0.2) is 36.4 Å². The van der Waals surface area contributed by atoms with Crippen molar-refractivity contribution >= 4 is 5.97 Å². The van der Waals surface area contributed by atoms with Gasteiger partial charge in [0.15, 0.2) is 11.5 Å². The molecule has 140 valence electrons. The van der Waals surface area contributed by atoms with Crippen LogP contribution in [0.3, 0.4) is 0 Å². The van der Waals surface area contributed by atoms with Crippen molar-refractivity contribution in [2.75, 3.05) is 19.8 Å². The first-order valence-electron chi connectivity index (χ1n) is 8.80. The lowest BCUT2D eigenvalue weighted by molar-refractivity contribution is -0.136. The molecule has 0 aromatic heterocycles. The Morgan fingerprint density at radius 2 is 1.62 bits per heavy atom. The number of hydrogen-bond donors (Lipinski definition) is 1. The molecule has 0 spiro atoms.